The minimum absolute atomic E-state index is 0.124. The zero-order valence-electron chi connectivity index (χ0n) is 19.4. The monoisotopic (exact) mass is 466 g/mol. The van der Waals surface area contributed by atoms with E-state index in [1.807, 2.05) is 67.6 Å². The Bertz CT molecular complexity index is 1330. The maximum absolute atomic E-state index is 13.1. The van der Waals surface area contributed by atoms with Gasteiger partial charge in [0.05, 0.1) is 24.1 Å². The molecule has 0 spiro atoms. The quantitative estimate of drug-likeness (QED) is 0.444. The van der Waals surface area contributed by atoms with Gasteiger partial charge in [0, 0.05) is 11.6 Å². The van der Waals surface area contributed by atoms with Crippen LogP contribution in [0.4, 0.5) is 5.82 Å². The number of carbonyl (C=O) groups is 3. The Balaban J connectivity index is 1.24. The summed E-state index contributed by atoms with van der Waals surface area (Å²) in [5, 5.41) is 7.68. The number of fused-ring (bicyclic) bond motifs is 5. The minimum atomic E-state index is -0.405. The van der Waals surface area contributed by atoms with E-state index in [9.17, 15) is 14.4 Å². The van der Waals surface area contributed by atoms with Gasteiger partial charge in [0.1, 0.15) is 12.4 Å². The maximum Gasteiger partial charge on any atom is 0.245 e. The molecular weight excluding hydrogens is 440 g/mol. The first-order valence-corrected chi connectivity index (χ1v) is 12.0. The van der Waals surface area contributed by atoms with E-state index in [1.54, 1.807) is 4.68 Å². The molecule has 2 fully saturated rings. The molecule has 1 N–H and O–H groups in total. The van der Waals surface area contributed by atoms with Gasteiger partial charge in [0.2, 0.25) is 17.7 Å². The Morgan fingerprint density at radius 2 is 1.63 bits per heavy atom. The average Bonchev–Trinajstić information content (AvgIpc) is 3.62. The van der Waals surface area contributed by atoms with Crippen LogP contribution in [-0.2, 0) is 20.9 Å². The van der Waals surface area contributed by atoms with Gasteiger partial charge in [-0.2, -0.15) is 5.10 Å². The molecule has 3 amide bonds. The fourth-order valence-corrected chi connectivity index (χ4v) is 5.83. The number of nitrogens with zero attached hydrogens (tertiary/aromatic N) is 3. The van der Waals surface area contributed by atoms with Gasteiger partial charge in [-0.05, 0) is 36.3 Å². The highest BCUT2D eigenvalue weighted by molar-refractivity contribution is 6.09. The Labute approximate surface area is 203 Å². The first kappa shape index (κ1) is 21.5. The Hall–Kier alpha value is -4.00. The summed E-state index contributed by atoms with van der Waals surface area (Å²) < 4.78 is 1.75. The normalized spacial score (nSPS) is 24.3. The number of rotatable bonds is 6. The first-order valence-electron chi connectivity index (χ1n) is 12.0. The Morgan fingerprint density at radius 3 is 2.31 bits per heavy atom. The largest absolute Gasteiger partial charge is 0.309 e. The Kier molecular flexibility index (Phi) is 5.13. The standard InChI is InChI=1S/C28H26N4O3/c1-17-7-5-6-10-21(17)22-14-23(32(30-22)15-18-8-3-2-4-9-18)29-24(33)16-31-27(34)25-19-11-12-20(13-19)26(25)28(31)35/h2-12,14,19-20,25-26H,13,15-16H2,1H3,(H,29,33). The van der Waals surface area contributed by atoms with Crippen LogP contribution in [0.1, 0.15) is 17.5 Å². The van der Waals surface area contributed by atoms with Crippen LogP contribution in [0.2, 0.25) is 0 Å². The number of aromatic nitrogens is 2. The third-order valence-corrected chi connectivity index (χ3v) is 7.51. The molecule has 1 saturated carbocycles. The predicted molar refractivity (Wildman–Crippen MR) is 131 cm³/mol. The van der Waals surface area contributed by atoms with Crippen LogP contribution < -0.4 is 5.32 Å². The van der Waals surface area contributed by atoms with Gasteiger partial charge in [-0.15, -0.1) is 0 Å². The van der Waals surface area contributed by atoms with Crippen LogP contribution in [0.3, 0.4) is 0 Å². The van der Waals surface area contributed by atoms with Gasteiger partial charge in [-0.3, -0.25) is 19.3 Å². The van der Waals surface area contributed by atoms with Gasteiger partial charge in [-0.25, -0.2) is 4.68 Å². The molecular formula is C28H26N4O3. The van der Waals surface area contributed by atoms with Crippen molar-refractivity contribution in [2.75, 3.05) is 11.9 Å². The summed E-state index contributed by atoms with van der Waals surface area (Å²) in [7, 11) is 0. The van der Waals surface area contributed by atoms with E-state index < -0.39 is 5.91 Å². The lowest BCUT2D eigenvalue weighted by Gasteiger charge is -2.17. The number of imide groups is 1. The molecule has 2 aliphatic carbocycles. The van der Waals surface area contributed by atoms with Crippen molar-refractivity contribution in [2.45, 2.75) is 19.9 Å². The van der Waals surface area contributed by atoms with Crippen molar-refractivity contribution in [1.29, 1.82) is 0 Å². The maximum atomic E-state index is 13.1. The van der Waals surface area contributed by atoms with Crippen molar-refractivity contribution in [1.82, 2.24) is 14.7 Å². The molecule has 176 valence electrons. The second kappa shape index (κ2) is 8.34. The van der Waals surface area contributed by atoms with Crippen LogP contribution >= 0.6 is 0 Å². The molecule has 4 atom stereocenters. The number of allylic oxidation sites excluding steroid dienone is 2. The van der Waals surface area contributed by atoms with Crippen molar-refractivity contribution in [3.8, 4) is 11.3 Å². The SMILES string of the molecule is Cc1ccccc1-c1cc(NC(=O)CN2C(=O)C3C4C=CC(C4)C3C2=O)n(Cc2ccccc2)n1. The molecule has 4 unspecified atom stereocenters. The number of benzene rings is 2. The lowest BCUT2D eigenvalue weighted by molar-refractivity contribution is -0.143. The fraction of sp³-hybridized carbons (Fsp3) is 0.286. The molecule has 7 nitrogen and oxygen atoms in total. The molecule has 1 aliphatic heterocycles. The van der Waals surface area contributed by atoms with Crippen molar-refractivity contribution in [2.24, 2.45) is 23.7 Å². The van der Waals surface area contributed by atoms with Crippen molar-refractivity contribution in [3.63, 3.8) is 0 Å². The Morgan fingerprint density at radius 1 is 0.971 bits per heavy atom. The number of hydrogen-bond acceptors (Lipinski definition) is 4. The molecule has 2 bridgehead atoms. The van der Waals surface area contributed by atoms with Crippen LogP contribution in [0.5, 0.6) is 0 Å². The fourth-order valence-electron chi connectivity index (χ4n) is 5.83. The van der Waals surface area contributed by atoms with E-state index in [0.717, 1.165) is 33.7 Å². The summed E-state index contributed by atoms with van der Waals surface area (Å²) in [6.07, 6.45) is 4.97. The number of carbonyl (C=O) groups excluding carboxylic acids is 3. The first-order chi connectivity index (χ1) is 17.0. The number of aryl methyl sites for hydroxylation is 1. The zero-order valence-corrected chi connectivity index (χ0v) is 19.4. The second-order valence-electron chi connectivity index (χ2n) is 9.68. The average molecular weight is 467 g/mol. The highest BCUT2D eigenvalue weighted by Crippen LogP contribution is 2.52. The number of nitrogens with one attached hydrogen (secondary N) is 1. The molecule has 6 rings (SSSR count). The lowest BCUT2D eigenvalue weighted by Crippen LogP contribution is -2.39. The van der Waals surface area contributed by atoms with Crippen LogP contribution in [-0.4, -0.2) is 38.9 Å². The van der Waals surface area contributed by atoms with Gasteiger partial charge < -0.3 is 5.32 Å². The number of hydrogen-bond donors (Lipinski definition) is 1. The van der Waals surface area contributed by atoms with Crippen LogP contribution in [0, 0.1) is 30.6 Å². The van der Waals surface area contributed by atoms with E-state index in [-0.39, 0.29) is 42.0 Å². The smallest absolute Gasteiger partial charge is 0.245 e. The number of anilines is 1. The molecule has 7 heteroatoms. The minimum Gasteiger partial charge on any atom is -0.309 e. The van der Waals surface area contributed by atoms with Crippen LogP contribution in [0.25, 0.3) is 11.3 Å². The molecule has 2 aromatic carbocycles. The van der Waals surface area contributed by atoms with E-state index in [1.165, 1.54) is 0 Å². The summed E-state index contributed by atoms with van der Waals surface area (Å²) in [5.74, 6) is -0.674. The summed E-state index contributed by atoms with van der Waals surface area (Å²) in [6, 6.07) is 19.7. The molecule has 2 heterocycles. The van der Waals surface area contributed by atoms with Gasteiger partial charge >= 0.3 is 0 Å². The van der Waals surface area contributed by atoms with Crippen LogP contribution in [0.15, 0.2) is 72.8 Å². The highest BCUT2D eigenvalue weighted by atomic mass is 16.2. The zero-order chi connectivity index (χ0) is 24.1. The third kappa shape index (κ3) is 3.67. The molecule has 3 aliphatic rings. The summed E-state index contributed by atoms with van der Waals surface area (Å²) in [4.78, 5) is 40.2. The van der Waals surface area contributed by atoms with Crippen molar-refractivity contribution >= 4 is 23.5 Å². The highest BCUT2D eigenvalue weighted by Gasteiger charge is 2.59. The van der Waals surface area contributed by atoms with E-state index in [2.05, 4.69) is 17.5 Å². The molecule has 3 aromatic rings. The van der Waals surface area contributed by atoms with Gasteiger partial charge in [0.15, 0.2) is 0 Å². The molecule has 35 heavy (non-hydrogen) atoms. The summed E-state index contributed by atoms with van der Waals surface area (Å²) >= 11 is 0. The summed E-state index contributed by atoms with van der Waals surface area (Å²) in [6.45, 7) is 2.22. The van der Waals surface area contributed by atoms with E-state index in [4.69, 9.17) is 5.10 Å². The van der Waals surface area contributed by atoms with E-state index >= 15 is 0 Å². The summed E-state index contributed by atoms with van der Waals surface area (Å²) in [5.41, 5.74) is 3.86. The topological polar surface area (TPSA) is 84.3 Å². The lowest BCUT2D eigenvalue weighted by atomic mass is 9.85. The second-order valence-corrected chi connectivity index (χ2v) is 9.68. The van der Waals surface area contributed by atoms with Gasteiger partial charge in [-0.1, -0.05) is 66.7 Å². The van der Waals surface area contributed by atoms with Crippen molar-refractivity contribution < 1.29 is 14.4 Å². The van der Waals surface area contributed by atoms with Crippen molar-refractivity contribution in [3.05, 3.63) is 83.9 Å². The number of likely N-dealkylation sites (tertiary alicyclic amines) is 1. The molecule has 1 saturated heterocycles. The third-order valence-electron chi connectivity index (χ3n) is 7.51. The van der Waals surface area contributed by atoms with E-state index in [0.29, 0.717) is 12.4 Å². The molecule has 0 radical (unpaired) electrons. The predicted octanol–water partition coefficient (Wildman–Crippen LogP) is 3.65. The van der Waals surface area contributed by atoms with Gasteiger partial charge in [0.25, 0.3) is 0 Å². The molecule has 1 aromatic heterocycles. The number of amides is 3.